The summed E-state index contributed by atoms with van der Waals surface area (Å²) >= 11 is 2.26. The van der Waals surface area contributed by atoms with Crippen molar-refractivity contribution in [3.63, 3.8) is 0 Å². The van der Waals surface area contributed by atoms with E-state index in [1.54, 1.807) is 0 Å². The number of halogens is 1. The maximum Gasteiger partial charge on any atom is 0.0780 e. The number of benzene rings is 1. The molecule has 1 aromatic carbocycles. The molecule has 72 valence electrons. The Balaban J connectivity index is 2.52. The molecule has 0 atom stereocenters. The maximum absolute atomic E-state index is 5.68. The second-order valence-electron chi connectivity index (χ2n) is 3.17. The molecule has 2 N–H and O–H groups in total. The molecule has 0 unspecified atom stereocenters. The van der Waals surface area contributed by atoms with Gasteiger partial charge in [-0.25, -0.2) is 4.68 Å². The first-order valence-corrected chi connectivity index (χ1v) is 5.31. The molecule has 3 nitrogen and oxygen atoms in total. The third-order valence-corrected chi connectivity index (χ3v) is 2.79. The Kier molecular flexibility index (Phi) is 2.45. The average Bonchev–Trinajstić information content (AvgIpc) is 2.51. The van der Waals surface area contributed by atoms with Gasteiger partial charge in [0.25, 0.3) is 0 Å². The largest absolute Gasteiger partial charge is 0.399 e. The van der Waals surface area contributed by atoms with Gasteiger partial charge in [-0.15, -0.1) is 0 Å². The number of anilines is 1. The number of nitrogens with zero attached hydrogens (tertiary/aromatic N) is 2. The van der Waals surface area contributed by atoms with Gasteiger partial charge in [-0.2, -0.15) is 5.10 Å². The SMILES string of the molecule is Cc1cnn(-c2ccc(N)cc2I)c1. The smallest absolute Gasteiger partial charge is 0.0780 e. The molecule has 0 aliphatic carbocycles. The van der Waals surface area contributed by atoms with E-state index in [1.165, 1.54) is 0 Å². The highest BCUT2D eigenvalue weighted by Gasteiger charge is 2.03. The predicted molar refractivity (Wildman–Crippen MR) is 65.4 cm³/mol. The summed E-state index contributed by atoms with van der Waals surface area (Å²) in [5.41, 5.74) is 8.67. The van der Waals surface area contributed by atoms with E-state index in [0.717, 1.165) is 20.5 Å². The van der Waals surface area contributed by atoms with E-state index in [0.29, 0.717) is 0 Å². The number of rotatable bonds is 1. The van der Waals surface area contributed by atoms with Crippen LogP contribution in [0.5, 0.6) is 0 Å². The van der Waals surface area contributed by atoms with Crippen LogP contribution in [0.1, 0.15) is 5.56 Å². The van der Waals surface area contributed by atoms with Crippen LogP contribution in [-0.4, -0.2) is 9.78 Å². The van der Waals surface area contributed by atoms with E-state index in [2.05, 4.69) is 27.7 Å². The second kappa shape index (κ2) is 3.61. The van der Waals surface area contributed by atoms with Crippen LogP contribution < -0.4 is 5.73 Å². The molecule has 0 aliphatic rings. The monoisotopic (exact) mass is 299 g/mol. The van der Waals surface area contributed by atoms with E-state index < -0.39 is 0 Å². The molecule has 0 amide bonds. The van der Waals surface area contributed by atoms with Crippen LogP contribution in [0.3, 0.4) is 0 Å². The van der Waals surface area contributed by atoms with E-state index in [4.69, 9.17) is 5.73 Å². The Morgan fingerprint density at radius 3 is 2.79 bits per heavy atom. The minimum Gasteiger partial charge on any atom is -0.399 e. The van der Waals surface area contributed by atoms with Gasteiger partial charge in [-0.05, 0) is 53.3 Å². The lowest BCUT2D eigenvalue weighted by molar-refractivity contribution is 0.875. The summed E-state index contributed by atoms with van der Waals surface area (Å²) in [4.78, 5) is 0. The van der Waals surface area contributed by atoms with Crippen LogP contribution >= 0.6 is 22.6 Å². The summed E-state index contributed by atoms with van der Waals surface area (Å²) in [7, 11) is 0. The highest BCUT2D eigenvalue weighted by atomic mass is 127. The standard InChI is InChI=1S/C10H10IN3/c1-7-5-13-14(6-7)10-3-2-8(12)4-9(10)11/h2-6H,12H2,1H3. The average molecular weight is 299 g/mol. The number of hydrogen-bond donors (Lipinski definition) is 1. The Hall–Kier alpha value is -1.04. The molecule has 0 spiro atoms. The van der Waals surface area contributed by atoms with Crippen LogP contribution in [0.25, 0.3) is 5.69 Å². The van der Waals surface area contributed by atoms with Gasteiger partial charge in [0, 0.05) is 15.5 Å². The first-order valence-electron chi connectivity index (χ1n) is 4.23. The third kappa shape index (κ3) is 1.75. The Morgan fingerprint density at radius 1 is 1.43 bits per heavy atom. The quantitative estimate of drug-likeness (QED) is 0.649. The van der Waals surface area contributed by atoms with Crippen molar-refractivity contribution in [2.45, 2.75) is 6.92 Å². The minimum absolute atomic E-state index is 0.780. The van der Waals surface area contributed by atoms with E-state index >= 15 is 0 Å². The molecule has 4 heteroatoms. The predicted octanol–water partition coefficient (Wildman–Crippen LogP) is 2.37. The molecular formula is C10H10IN3. The van der Waals surface area contributed by atoms with Crippen molar-refractivity contribution in [1.82, 2.24) is 9.78 Å². The fourth-order valence-electron chi connectivity index (χ4n) is 1.25. The van der Waals surface area contributed by atoms with Gasteiger partial charge in [0.2, 0.25) is 0 Å². The van der Waals surface area contributed by atoms with Crippen LogP contribution in [0.4, 0.5) is 5.69 Å². The van der Waals surface area contributed by atoms with Gasteiger partial charge in [0.15, 0.2) is 0 Å². The van der Waals surface area contributed by atoms with Crippen LogP contribution in [0.15, 0.2) is 30.6 Å². The van der Waals surface area contributed by atoms with Gasteiger partial charge in [0.1, 0.15) is 0 Å². The number of aryl methyl sites for hydroxylation is 1. The number of nitrogens with two attached hydrogens (primary N) is 1. The Labute approximate surface area is 96.1 Å². The zero-order valence-corrected chi connectivity index (χ0v) is 9.89. The first kappa shape index (κ1) is 9.51. The molecule has 2 aromatic rings. The summed E-state index contributed by atoms with van der Waals surface area (Å²) in [6.45, 7) is 2.02. The lowest BCUT2D eigenvalue weighted by Gasteiger charge is -2.04. The molecule has 2 rings (SSSR count). The van der Waals surface area contributed by atoms with Gasteiger partial charge in [-0.3, -0.25) is 0 Å². The van der Waals surface area contributed by atoms with Crippen molar-refractivity contribution >= 4 is 28.3 Å². The Bertz CT molecular complexity index is 462. The van der Waals surface area contributed by atoms with Crippen molar-refractivity contribution in [3.8, 4) is 5.69 Å². The molecule has 1 aromatic heterocycles. The maximum atomic E-state index is 5.68. The number of nitrogen functional groups attached to an aromatic ring is 1. The van der Waals surface area contributed by atoms with Gasteiger partial charge in [-0.1, -0.05) is 0 Å². The lowest BCUT2D eigenvalue weighted by Crippen LogP contribution is -1.98. The van der Waals surface area contributed by atoms with Gasteiger partial charge >= 0.3 is 0 Å². The lowest BCUT2D eigenvalue weighted by atomic mass is 10.3. The van der Waals surface area contributed by atoms with Crippen LogP contribution in [0, 0.1) is 10.5 Å². The first-order chi connectivity index (χ1) is 6.66. The zero-order chi connectivity index (χ0) is 10.1. The summed E-state index contributed by atoms with van der Waals surface area (Å²) in [6, 6.07) is 5.80. The Morgan fingerprint density at radius 2 is 2.21 bits per heavy atom. The molecule has 0 fully saturated rings. The summed E-state index contributed by atoms with van der Waals surface area (Å²) in [6.07, 6.45) is 3.83. The number of hydrogen-bond acceptors (Lipinski definition) is 2. The molecule has 0 aliphatic heterocycles. The summed E-state index contributed by atoms with van der Waals surface area (Å²) in [5.74, 6) is 0. The van der Waals surface area contributed by atoms with E-state index in [1.807, 2.05) is 42.2 Å². The van der Waals surface area contributed by atoms with Crippen molar-refractivity contribution in [3.05, 3.63) is 39.7 Å². The summed E-state index contributed by atoms with van der Waals surface area (Å²) < 4.78 is 2.96. The number of aromatic nitrogens is 2. The van der Waals surface area contributed by atoms with Crippen molar-refractivity contribution in [1.29, 1.82) is 0 Å². The molecule has 0 saturated heterocycles. The summed E-state index contributed by atoms with van der Waals surface area (Å²) in [5, 5.41) is 4.25. The minimum atomic E-state index is 0.780. The second-order valence-corrected chi connectivity index (χ2v) is 4.34. The molecule has 0 saturated carbocycles. The van der Waals surface area contributed by atoms with E-state index in [9.17, 15) is 0 Å². The molecule has 1 heterocycles. The third-order valence-electron chi connectivity index (χ3n) is 1.93. The zero-order valence-electron chi connectivity index (χ0n) is 7.74. The molecule has 0 radical (unpaired) electrons. The van der Waals surface area contributed by atoms with Crippen LogP contribution in [0.2, 0.25) is 0 Å². The van der Waals surface area contributed by atoms with E-state index in [-0.39, 0.29) is 0 Å². The molecular weight excluding hydrogens is 289 g/mol. The molecule has 14 heavy (non-hydrogen) atoms. The fourth-order valence-corrected chi connectivity index (χ4v) is 2.04. The van der Waals surface area contributed by atoms with Crippen molar-refractivity contribution < 1.29 is 0 Å². The van der Waals surface area contributed by atoms with Crippen LogP contribution in [-0.2, 0) is 0 Å². The fraction of sp³-hybridized carbons (Fsp3) is 0.100. The van der Waals surface area contributed by atoms with Crippen molar-refractivity contribution in [2.75, 3.05) is 5.73 Å². The highest BCUT2D eigenvalue weighted by molar-refractivity contribution is 14.1. The molecule has 0 bridgehead atoms. The normalized spacial score (nSPS) is 10.4. The van der Waals surface area contributed by atoms with Gasteiger partial charge < -0.3 is 5.73 Å². The van der Waals surface area contributed by atoms with Crippen molar-refractivity contribution in [2.24, 2.45) is 0 Å². The van der Waals surface area contributed by atoms with Gasteiger partial charge in [0.05, 0.1) is 11.9 Å². The highest BCUT2D eigenvalue weighted by Crippen LogP contribution is 2.19. The topological polar surface area (TPSA) is 43.8 Å².